The third-order valence-electron chi connectivity index (χ3n) is 1.89. The lowest BCUT2D eigenvalue weighted by Crippen LogP contribution is -2.16. The van der Waals surface area contributed by atoms with Crippen LogP contribution < -0.4 is 11.5 Å². The fraction of sp³-hybridized carbons (Fsp3) is 0.111. The van der Waals surface area contributed by atoms with E-state index >= 15 is 0 Å². The largest absolute Gasteiger partial charge is 0.409 e. The number of nitrogens with two attached hydrogens (primary N) is 2. The highest BCUT2D eigenvalue weighted by atomic mass is 16.4. The van der Waals surface area contributed by atoms with Gasteiger partial charge in [0.15, 0.2) is 5.84 Å². The summed E-state index contributed by atoms with van der Waals surface area (Å²) in [6.45, 7) is 1.75. The van der Waals surface area contributed by atoms with Crippen molar-refractivity contribution >= 4 is 11.7 Å². The average molecular weight is 193 g/mol. The number of nitrogens with zero attached hydrogens (tertiary/aromatic N) is 1. The van der Waals surface area contributed by atoms with Crippen molar-refractivity contribution < 1.29 is 10.0 Å². The third-order valence-corrected chi connectivity index (χ3v) is 1.89. The first-order valence-corrected chi connectivity index (χ1v) is 3.94. The molecule has 74 valence electrons. The van der Waals surface area contributed by atoms with Crippen molar-refractivity contribution in [3.63, 3.8) is 0 Å². The molecule has 0 fully saturated rings. The molecule has 0 unspecified atom stereocenters. The zero-order chi connectivity index (χ0) is 10.7. The fourth-order valence-corrected chi connectivity index (χ4v) is 1.16. The molecule has 0 saturated carbocycles. The molecule has 5 nitrogen and oxygen atoms in total. The second-order valence-corrected chi connectivity index (χ2v) is 2.88. The standard InChI is InChI=1S/C9H11N3O2/c1-5-4-6(9(11)13)2-3-7(5)8(10)12-14/h2-4,14H,1H3,(H2,10,12)(H2,11,13). The van der Waals surface area contributed by atoms with Gasteiger partial charge in [-0.25, -0.2) is 0 Å². The number of primary amides is 1. The van der Waals surface area contributed by atoms with Gasteiger partial charge in [0.1, 0.15) is 0 Å². The van der Waals surface area contributed by atoms with E-state index in [0.29, 0.717) is 11.1 Å². The zero-order valence-corrected chi connectivity index (χ0v) is 7.69. The molecule has 0 aliphatic carbocycles. The summed E-state index contributed by atoms with van der Waals surface area (Å²) in [6.07, 6.45) is 0. The van der Waals surface area contributed by atoms with Crippen LogP contribution in [0.15, 0.2) is 23.4 Å². The first-order valence-electron chi connectivity index (χ1n) is 3.94. The first kappa shape index (κ1) is 10.0. The van der Waals surface area contributed by atoms with Crippen molar-refractivity contribution in [1.82, 2.24) is 0 Å². The minimum Gasteiger partial charge on any atom is -0.409 e. The van der Waals surface area contributed by atoms with E-state index in [1.54, 1.807) is 19.1 Å². The highest BCUT2D eigenvalue weighted by molar-refractivity contribution is 6.00. The van der Waals surface area contributed by atoms with Gasteiger partial charge in [-0.05, 0) is 24.6 Å². The Hall–Kier alpha value is -2.04. The van der Waals surface area contributed by atoms with E-state index in [2.05, 4.69) is 5.16 Å². The summed E-state index contributed by atoms with van der Waals surface area (Å²) in [4.78, 5) is 10.8. The van der Waals surface area contributed by atoms with Gasteiger partial charge in [-0.2, -0.15) is 0 Å². The van der Waals surface area contributed by atoms with Crippen molar-refractivity contribution in [2.75, 3.05) is 0 Å². The van der Waals surface area contributed by atoms with Gasteiger partial charge < -0.3 is 16.7 Å². The van der Waals surface area contributed by atoms with Gasteiger partial charge in [-0.15, -0.1) is 0 Å². The molecule has 1 aromatic rings. The maximum Gasteiger partial charge on any atom is 0.248 e. The topological polar surface area (TPSA) is 102 Å². The Kier molecular flexibility index (Phi) is 2.71. The smallest absolute Gasteiger partial charge is 0.248 e. The number of benzene rings is 1. The molecular formula is C9H11N3O2. The first-order chi connectivity index (χ1) is 6.56. The average Bonchev–Trinajstić information content (AvgIpc) is 2.16. The van der Waals surface area contributed by atoms with E-state index < -0.39 is 5.91 Å². The summed E-state index contributed by atoms with van der Waals surface area (Å²) in [7, 11) is 0. The second kappa shape index (κ2) is 3.78. The number of hydrogen-bond donors (Lipinski definition) is 3. The van der Waals surface area contributed by atoms with Crippen molar-refractivity contribution in [2.24, 2.45) is 16.6 Å². The number of carbonyl (C=O) groups excluding carboxylic acids is 1. The Labute approximate surface area is 81.0 Å². The van der Waals surface area contributed by atoms with Crippen molar-refractivity contribution in [1.29, 1.82) is 0 Å². The third kappa shape index (κ3) is 1.82. The Morgan fingerprint density at radius 1 is 1.43 bits per heavy atom. The minimum atomic E-state index is -0.501. The molecule has 1 aromatic carbocycles. The van der Waals surface area contributed by atoms with E-state index in [-0.39, 0.29) is 5.84 Å². The van der Waals surface area contributed by atoms with E-state index in [1.165, 1.54) is 6.07 Å². The lowest BCUT2D eigenvalue weighted by molar-refractivity contribution is 0.1000. The Morgan fingerprint density at radius 2 is 2.07 bits per heavy atom. The molecule has 0 aliphatic heterocycles. The molecule has 5 N–H and O–H groups in total. The SMILES string of the molecule is Cc1cc(C(N)=O)ccc1C(N)=NO. The molecule has 0 bridgehead atoms. The van der Waals surface area contributed by atoms with Crippen LogP contribution in [0, 0.1) is 6.92 Å². The highest BCUT2D eigenvalue weighted by Gasteiger charge is 2.06. The molecule has 14 heavy (non-hydrogen) atoms. The molecule has 0 heterocycles. The monoisotopic (exact) mass is 193 g/mol. The van der Waals surface area contributed by atoms with Gasteiger partial charge in [0.2, 0.25) is 5.91 Å². The van der Waals surface area contributed by atoms with Crippen LogP contribution in [0.4, 0.5) is 0 Å². The summed E-state index contributed by atoms with van der Waals surface area (Å²) >= 11 is 0. The number of aryl methyl sites for hydroxylation is 1. The summed E-state index contributed by atoms with van der Waals surface area (Å²) < 4.78 is 0. The van der Waals surface area contributed by atoms with E-state index in [4.69, 9.17) is 16.7 Å². The predicted octanol–water partition coefficient (Wildman–Crippen LogP) is 0.188. The predicted molar refractivity (Wildman–Crippen MR) is 52.2 cm³/mol. The van der Waals surface area contributed by atoms with E-state index in [0.717, 1.165) is 5.56 Å². The quantitative estimate of drug-likeness (QED) is 0.270. The number of oxime groups is 1. The van der Waals surface area contributed by atoms with Crippen molar-refractivity contribution in [3.05, 3.63) is 34.9 Å². The second-order valence-electron chi connectivity index (χ2n) is 2.88. The summed E-state index contributed by atoms with van der Waals surface area (Å²) in [5.41, 5.74) is 12.2. The fourth-order valence-electron chi connectivity index (χ4n) is 1.16. The molecule has 0 aromatic heterocycles. The van der Waals surface area contributed by atoms with Crippen LogP contribution in [0.1, 0.15) is 21.5 Å². The lowest BCUT2D eigenvalue weighted by atomic mass is 10.0. The van der Waals surface area contributed by atoms with E-state index in [9.17, 15) is 4.79 Å². The number of hydrogen-bond acceptors (Lipinski definition) is 3. The normalized spacial score (nSPS) is 11.4. The lowest BCUT2D eigenvalue weighted by Gasteiger charge is -2.04. The number of amidine groups is 1. The summed E-state index contributed by atoms with van der Waals surface area (Å²) in [6, 6.07) is 4.71. The van der Waals surface area contributed by atoms with Gasteiger partial charge in [-0.1, -0.05) is 11.2 Å². The van der Waals surface area contributed by atoms with Crippen molar-refractivity contribution in [2.45, 2.75) is 6.92 Å². The molecular weight excluding hydrogens is 182 g/mol. The van der Waals surface area contributed by atoms with Crippen molar-refractivity contribution in [3.8, 4) is 0 Å². The van der Waals surface area contributed by atoms with Crippen LogP contribution in [0.5, 0.6) is 0 Å². The Bertz CT molecular complexity index is 399. The minimum absolute atomic E-state index is 0.0125. The maximum absolute atomic E-state index is 10.8. The van der Waals surface area contributed by atoms with Gasteiger partial charge in [0, 0.05) is 11.1 Å². The van der Waals surface area contributed by atoms with E-state index in [1.807, 2.05) is 0 Å². The van der Waals surface area contributed by atoms with Crippen LogP contribution in [0.25, 0.3) is 0 Å². The zero-order valence-electron chi connectivity index (χ0n) is 7.69. The summed E-state index contributed by atoms with van der Waals surface area (Å²) in [5, 5.41) is 11.3. The maximum atomic E-state index is 10.8. The molecule has 0 spiro atoms. The molecule has 0 atom stereocenters. The van der Waals surface area contributed by atoms with Gasteiger partial charge >= 0.3 is 0 Å². The number of amides is 1. The van der Waals surface area contributed by atoms with Gasteiger partial charge in [-0.3, -0.25) is 4.79 Å². The number of carbonyl (C=O) groups is 1. The van der Waals surface area contributed by atoms with Crippen LogP contribution in [0.3, 0.4) is 0 Å². The number of rotatable bonds is 2. The van der Waals surface area contributed by atoms with Crippen LogP contribution in [-0.4, -0.2) is 17.0 Å². The molecule has 1 rings (SSSR count). The van der Waals surface area contributed by atoms with Gasteiger partial charge in [0.25, 0.3) is 0 Å². The summed E-state index contributed by atoms with van der Waals surface area (Å²) in [5.74, 6) is -0.488. The molecule has 5 heteroatoms. The molecule has 0 radical (unpaired) electrons. The Balaban J connectivity index is 3.20. The Morgan fingerprint density at radius 3 is 2.50 bits per heavy atom. The molecule has 0 aliphatic rings. The van der Waals surface area contributed by atoms with Crippen LogP contribution in [0.2, 0.25) is 0 Å². The highest BCUT2D eigenvalue weighted by Crippen LogP contribution is 2.10. The van der Waals surface area contributed by atoms with Crippen LogP contribution in [-0.2, 0) is 0 Å². The van der Waals surface area contributed by atoms with Crippen LogP contribution >= 0.6 is 0 Å². The molecule has 1 amide bonds. The van der Waals surface area contributed by atoms with Gasteiger partial charge in [0.05, 0.1) is 0 Å². The molecule has 0 saturated heterocycles.